The van der Waals surface area contributed by atoms with E-state index in [1.165, 1.54) is 56.6 Å². The predicted molar refractivity (Wildman–Crippen MR) is 89.0 cm³/mol. The van der Waals surface area contributed by atoms with E-state index in [2.05, 4.69) is 49.6 Å². The van der Waals surface area contributed by atoms with E-state index in [0.29, 0.717) is 0 Å². The maximum absolute atomic E-state index is 3.83. The third-order valence-electron chi connectivity index (χ3n) is 3.67. The molecule has 1 fully saturated rings. The van der Waals surface area contributed by atoms with Crippen LogP contribution in [0, 0.1) is 0 Å². The van der Waals surface area contributed by atoms with E-state index >= 15 is 0 Å². The second kappa shape index (κ2) is 10.4. The van der Waals surface area contributed by atoms with Crippen LogP contribution >= 0.6 is 23.5 Å². The van der Waals surface area contributed by atoms with Crippen molar-refractivity contribution in [3.8, 4) is 0 Å². The average Bonchev–Trinajstić information content (AvgIpc) is 2.42. The first kappa shape index (κ1) is 16.7. The Bertz CT molecular complexity index is 199. The molecule has 0 spiro atoms. The topological polar surface area (TPSA) is 12.0 Å². The molecule has 1 heterocycles. The molecule has 0 aliphatic carbocycles. The molecule has 0 aromatic carbocycles. The van der Waals surface area contributed by atoms with Crippen molar-refractivity contribution in [2.45, 2.75) is 75.8 Å². The SMILES string of the molecule is CCCCCC(NCCC)C1SCCSC1CC. The van der Waals surface area contributed by atoms with Gasteiger partial charge < -0.3 is 5.32 Å². The van der Waals surface area contributed by atoms with Crippen molar-refractivity contribution in [2.75, 3.05) is 18.1 Å². The van der Waals surface area contributed by atoms with Crippen molar-refractivity contribution in [1.29, 1.82) is 0 Å². The zero-order valence-corrected chi connectivity index (χ0v) is 14.0. The van der Waals surface area contributed by atoms with Crippen LogP contribution in [0.3, 0.4) is 0 Å². The third kappa shape index (κ3) is 5.75. The van der Waals surface area contributed by atoms with E-state index < -0.39 is 0 Å². The maximum Gasteiger partial charge on any atom is 0.0320 e. The van der Waals surface area contributed by atoms with Crippen LogP contribution in [0.2, 0.25) is 0 Å². The van der Waals surface area contributed by atoms with E-state index in [0.717, 1.165) is 16.5 Å². The Morgan fingerprint density at radius 2 is 1.83 bits per heavy atom. The minimum atomic E-state index is 0.749. The quantitative estimate of drug-likeness (QED) is 0.625. The molecule has 1 aliphatic rings. The highest BCUT2D eigenvalue weighted by molar-refractivity contribution is 8.07. The van der Waals surface area contributed by atoms with Crippen LogP contribution in [0.4, 0.5) is 0 Å². The van der Waals surface area contributed by atoms with Gasteiger partial charge in [0, 0.05) is 28.0 Å². The van der Waals surface area contributed by atoms with Gasteiger partial charge >= 0.3 is 0 Å². The van der Waals surface area contributed by atoms with Gasteiger partial charge in [0.2, 0.25) is 0 Å². The van der Waals surface area contributed by atoms with Gasteiger partial charge in [-0.15, -0.1) is 0 Å². The Morgan fingerprint density at radius 1 is 1.06 bits per heavy atom. The van der Waals surface area contributed by atoms with Crippen molar-refractivity contribution in [1.82, 2.24) is 5.32 Å². The molecular weight excluding hydrogens is 258 g/mol. The van der Waals surface area contributed by atoms with Gasteiger partial charge in [-0.25, -0.2) is 0 Å². The van der Waals surface area contributed by atoms with Gasteiger partial charge in [0.1, 0.15) is 0 Å². The second-order valence-corrected chi connectivity index (χ2v) is 7.84. The fourth-order valence-corrected chi connectivity index (χ4v) is 5.94. The lowest BCUT2D eigenvalue weighted by atomic mass is 10.0. The number of unbranched alkanes of at least 4 members (excludes halogenated alkanes) is 2. The molecule has 0 saturated carbocycles. The van der Waals surface area contributed by atoms with Gasteiger partial charge in [0.05, 0.1) is 0 Å². The number of nitrogens with one attached hydrogen (secondary N) is 1. The molecule has 1 aliphatic heterocycles. The summed E-state index contributed by atoms with van der Waals surface area (Å²) in [6.45, 7) is 8.12. The molecule has 0 aromatic rings. The third-order valence-corrected chi connectivity index (χ3v) is 7.07. The summed E-state index contributed by atoms with van der Waals surface area (Å²) in [7, 11) is 0. The smallest absolute Gasteiger partial charge is 0.0320 e. The van der Waals surface area contributed by atoms with Crippen molar-refractivity contribution < 1.29 is 0 Å². The molecule has 108 valence electrons. The van der Waals surface area contributed by atoms with Crippen LogP contribution in [-0.2, 0) is 0 Å². The number of thioether (sulfide) groups is 2. The Morgan fingerprint density at radius 3 is 2.50 bits per heavy atom. The summed E-state index contributed by atoms with van der Waals surface area (Å²) in [5, 5.41) is 5.55. The first-order valence-corrected chi connectivity index (χ1v) is 9.89. The highest BCUT2D eigenvalue weighted by Gasteiger charge is 2.31. The predicted octanol–water partition coefficient (Wildman–Crippen LogP) is 4.56. The Balaban J connectivity index is 2.48. The molecular formula is C15H31NS2. The van der Waals surface area contributed by atoms with Crippen LogP contribution in [0.25, 0.3) is 0 Å². The normalized spacial score (nSPS) is 26.2. The van der Waals surface area contributed by atoms with E-state index in [1.807, 2.05) is 0 Å². The van der Waals surface area contributed by atoms with Crippen molar-refractivity contribution >= 4 is 23.5 Å². The maximum atomic E-state index is 3.83. The van der Waals surface area contributed by atoms with Gasteiger partial charge in [0.15, 0.2) is 0 Å². The largest absolute Gasteiger partial charge is 0.313 e. The molecule has 1 nitrogen and oxygen atoms in total. The van der Waals surface area contributed by atoms with Gasteiger partial charge in [-0.2, -0.15) is 23.5 Å². The van der Waals surface area contributed by atoms with Gasteiger partial charge in [-0.05, 0) is 25.8 Å². The van der Waals surface area contributed by atoms with Crippen LogP contribution in [0.5, 0.6) is 0 Å². The molecule has 0 bridgehead atoms. The lowest BCUT2D eigenvalue weighted by Crippen LogP contribution is -2.45. The zero-order chi connectivity index (χ0) is 13.2. The molecule has 0 aromatic heterocycles. The van der Waals surface area contributed by atoms with Crippen molar-refractivity contribution in [3.63, 3.8) is 0 Å². The van der Waals surface area contributed by atoms with E-state index in [-0.39, 0.29) is 0 Å². The average molecular weight is 290 g/mol. The van der Waals surface area contributed by atoms with E-state index in [1.54, 1.807) is 0 Å². The first-order valence-electron chi connectivity index (χ1n) is 7.80. The fraction of sp³-hybridized carbons (Fsp3) is 1.00. The summed E-state index contributed by atoms with van der Waals surface area (Å²) in [6.07, 6.45) is 8.10. The van der Waals surface area contributed by atoms with Gasteiger partial charge in [-0.3, -0.25) is 0 Å². The fourth-order valence-electron chi connectivity index (χ4n) is 2.64. The summed E-state index contributed by atoms with van der Waals surface area (Å²) < 4.78 is 0. The molecule has 18 heavy (non-hydrogen) atoms. The highest BCUT2D eigenvalue weighted by Crippen LogP contribution is 2.36. The summed E-state index contributed by atoms with van der Waals surface area (Å²) in [5.74, 6) is 2.71. The molecule has 0 radical (unpaired) electrons. The molecule has 3 heteroatoms. The second-order valence-electron chi connectivity index (χ2n) is 5.21. The molecule has 1 rings (SSSR count). The van der Waals surface area contributed by atoms with Crippen LogP contribution < -0.4 is 5.32 Å². The van der Waals surface area contributed by atoms with Gasteiger partial charge in [-0.1, -0.05) is 40.0 Å². The standard InChI is InChI=1S/C15H31NS2/c1-4-7-8-9-13(16-10-5-2)15-14(6-3)17-11-12-18-15/h13-16H,4-12H2,1-3H3. The lowest BCUT2D eigenvalue weighted by Gasteiger charge is -2.36. The summed E-state index contributed by atoms with van der Waals surface area (Å²) >= 11 is 4.44. The molecule has 0 amide bonds. The van der Waals surface area contributed by atoms with E-state index in [9.17, 15) is 0 Å². The van der Waals surface area contributed by atoms with Crippen molar-refractivity contribution in [3.05, 3.63) is 0 Å². The number of rotatable bonds is 9. The Hall–Kier alpha value is 0.660. The van der Waals surface area contributed by atoms with Crippen LogP contribution in [-0.4, -0.2) is 34.6 Å². The highest BCUT2D eigenvalue weighted by atomic mass is 32.2. The zero-order valence-electron chi connectivity index (χ0n) is 12.4. The summed E-state index contributed by atoms with van der Waals surface area (Å²) in [6, 6.07) is 0.749. The monoisotopic (exact) mass is 289 g/mol. The molecule has 3 unspecified atom stereocenters. The summed E-state index contributed by atoms with van der Waals surface area (Å²) in [4.78, 5) is 0. The number of hydrogen-bond donors (Lipinski definition) is 1. The van der Waals surface area contributed by atoms with Gasteiger partial charge in [0.25, 0.3) is 0 Å². The minimum Gasteiger partial charge on any atom is -0.313 e. The van der Waals surface area contributed by atoms with E-state index in [4.69, 9.17) is 0 Å². The minimum absolute atomic E-state index is 0.749. The molecule has 1 N–H and O–H groups in total. The lowest BCUT2D eigenvalue weighted by molar-refractivity contribution is 0.436. The van der Waals surface area contributed by atoms with Crippen LogP contribution in [0.1, 0.15) is 59.3 Å². The molecule has 1 saturated heterocycles. The molecule has 3 atom stereocenters. The summed E-state index contributed by atoms with van der Waals surface area (Å²) in [5.41, 5.74) is 0. The van der Waals surface area contributed by atoms with Crippen molar-refractivity contribution in [2.24, 2.45) is 0 Å². The first-order chi connectivity index (χ1) is 8.83. The van der Waals surface area contributed by atoms with Crippen LogP contribution in [0.15, 0.2) is 0 Å². The Kier molecular flexibility index (Phi) is 9.70. The number of hydrogen-bond acceptors (Lipinski definition) is 3. The Labute approximate surface area is 123 Å².